The van der Waals surface area contributed by atoms with Gasteiger partial charge in [-0.15, -0.1) is 0 Å². The van der Waals surface area contributed by atoms with Crippen molar-refractivity contribution >= 4 is 0 Å². The number of pyridine rings is 2. The normalized spacial score (nSPS) is 8.82. The fourth-order valence-electron chi connectivity index (χ4n) is 1.38. The van der Waals surface area contributed by atoms with Gasteiger partial charge in [0.05, 0.1) is 11.4 Å². The monoisotopic (exact) mass is 278 g/mol. The largest absolute Gasteiger partial charge is 0.255 e. The van der Waals surface area contributed by atoms with Crippen LogP contribution in [0.2, 0.25) is 10.0 Å². The topological polar surface area (TPSA) is 25.8 Å². The van der Waals surface area contributed by atoms with Crippen LogP contribution in [-0.4, -0.2) is 9.97 Å². The molecule has 0 fully saturated rings. The first-order valence-corrected chi connectivity index (χ1v) is 10.4. The summed E-state index contributed by atoms with van der Waals surface area (Å²) in [7, 11) is 0. The van der Waals surface area contributed by atoms with Gasteiger partial charge in [-0.1, -0.05) is 12.1 Å². The third-order valence-electron chi connectivity index (χ3n) is 2.30. The van der Waals surface area contributed by atoms with E-state index in [9.17, 15) is 0 Å². The predicted octanol–water partition coefficient (Wildman–Crippen LogP) is 4.09. The SMILES string of the molecule is C[CH2][Zn][CH2]C.c1ccc(-c2ccccn2)nc1. The van der Waals surface area contributed by atoms with Gasteiger partial charge in [0.15, 0.2) is 0 Å². The summed E-state index contributed by atoms with van der Waals surface area (Å²) < 4.78 is 0. The molecule has 0 bridgehead atoms. The van der Waals surface area contributed by atoms with Gasteiger partial charge in [0.25, 0.3) is 0 Å². The van der Waals surface area contributed by atoms with Crippen LogP contribution < -0.4 is 0 Å². The van der Waals surface area contributed by atoms with Gasteiger partial charge in [-0.3, -0.25) is 9.97 Å². The molecular weight excluding hydrogens is 262 g/mol. The molecule has 0 aliphatic rings. The van der Waals surface area contributed by atoms with Crippen LogP contribution in [0, 0.1) is 0 Å². The van der Waals surface area contributed by atoms with Crippen LogP contribution in [0.15, 0.2) is 48.8 Å². The maximum Gasteiger partial charge on any atom is 0.0886 e. The van der Waals surface area contributed by atoms with E-state index in [-0.39, 0.29) is 17.1 Å². The van der Waals surface area contributed by atoms with Crippen LogP contribution in [-0.2, 0) is 17.1 Å². The van der Waals surface area contributed by atoms with E-state index in [0.29, 0.717) is 0 Å². The summed E-state index contributed by atoms with van der Waals surface area (Å²) in [6.07, 6.45) is 3.54. The summed E-state index contributed by atoms with van der Waals surface area (Å²) in [5.41, 5.74) is 1.83. The van der Waals surface area contributed by atoms with Gasteiger partial charge in [0.1, 0.15) is 0 Å². The van der Waals surface area contributed by atoms with E-state index in [1.54, 1.807) is 12.4 Å². The molecule has 2 heterocycles. The Balaban J connectivity index is 0.000000249. The third-order valence-corrected chi connectivity index (χ3v) is 5.27. The molecule has 0 aromatic carbocycles. The molecule has 0 aliphatic carbocycles. The molecule has 2 rings (SSSR count). The van der Waals surface area contributed by atoms with Crippen molar-refractivity contribution in [2.75, 3.05) is 0 Å². The molecule has 2 aromatic heterocycles. The average Bonchev–Trinajstić information content (AvgIpc) is 2.42. The molecule has 17 heavy (non-hydrogen) atoms. The molecule has 2 nitrogen and oxygen atoms in total. The Labute approximate surface area is 111 Å². The number of hydrogen-bond donors (Lipinski definition) is 0. The molecule has 0 aliphatic heterocycles. The predicted molar refractivity (Wildman–Crippen MR) is 68.4 cm³/mol. The van der Waals surface area contributed by atoms with Crippen molar-refractivity contribution in [1.82, 2.24) is 9.97 Å². The van der Waals surface area contributed by atoms with E-state index in [2.05, 4.69) is 23.8 Å². The summed E-state index contributed by atoms with van der Waals surface area (Å²) >= 11 is 0.0972. The Morgan fingerprint density at radius 3 is 1.53 bits per heavy atom. The molecule has 0 unspecified atom stereocenters. The average molecular weight is 280 g/mol. The van der Waals surface area contributed by atoms with Gasteiger partial charge in [-0.25, -0.2) is 0 Å². The summed E-state index contributed by atoms with van der Waals surface area (Å²) in [6.45, 7) is 4.59. The first-order chi connectivity index (χ1) is 8.38. The smallest absolute Gasteiger partial charge is 0.0886 e. The van der Waals surface area contributed by atoms with Gasteiger partial charge in [0.2, 0.25) is 0 Å². The molecule has 2 aromatic rings. The van der Waals surface area contributed by atoms with E-state index in [0.717, 1.165) is 11.4 Å². The van der Waals surface area contributed by atoms with Crippen LogP contribution >= 0.6 is 0 Å². The van der Waals surface area contributed by atoms with Crippen LogP contribution in [0.1, 0.15) is 13.8 Å². The van der Waals surface area contributed by atoms with Crippen molar-refractivity contribution in [3.8, 4) is 11.4 Å². The molecule has 3 heteroatoms. The molecule has 0 spiro atoms. The molecule has 0 saturated heterocycles. The quantitative estimate of drug-likeness (QED) is 0.791. The van der Waals surface area contributed by atoms with Crippen molar-refractivity contribution in [3.05, 3.63) is 48.8 Å². The standard InChI is InChI=1S/C10H8N2.2C2H5.Zn/c1-3-7-11-9(5-1)10-6-2-4-8-12-10;2*1-2;/h1-8H;2*1H2,2H3;. The van der Waals surface area contributed by atoms with Gasteiger partial charge >= 0.3 is 41.0 Å². The zero-order valence-corrected chi connectivity index (χ0v) is 13.6. The summed E-state index contributed by atoms with van der Waals surface area (Å²) in [6, 6.07) is 11.6. The van der Waals surface area contributed by atoms with Crippen molar-refractivity contribution in [3.63, 3.8) is 0 Å². The number of rotatable bonds is 3. The summed E-state index contributed by atoms with van der Waals surface area (Å²) in [4.78, 5) is 8.37. The van der Waals surface area contributed by atoms with Crippen LogP contribution in [0.3, 0.4) is 0 Å². The Bertz CT molecular complexity index is 350. The fourth-order valence-corrected chi connectivity index (χ4v) is 2.87. The second-order valence-corrected chi connectivity index (χ2v) is 9.46. The molecule has 0 N–H and O–H groups in total. The zero-order valence-electron chi connectivity index (χ0n) is 10.6. The maximum atomic E-state index is 4.19. The van der Waals surface area contributed by atoms with Crippen molar-refractivity contribution in [1.29, 1.82) is 0 Å². The second-order valence-electron chi connectivity index (χ2n) is 3.78. The molecular formula is C14H18N2Zn. The van der Waals surface area contributed by atoms with Crippen LogP contribution in [0.5, 0.6) is 0 Å². The Hall–Kier alpha value is -1.08. The molecule has 0 radical (unpaired) electrons. The van der Waals surface area contributed by atoms with Crippen LogP contribution in [0.25, 0.3) is 11.4 Å². The minimum atomic E-state index is 0.0972. The van der Waals surface area contributed by atoms with Crippen molar-refractivity contribution in [2.24, 2.45) is 0 Å². The van der Waals surface area contributed by atoms with E-state index in [1.165, 1.54) is 10.0 Å². The Morgan fingerprint density at radius 1 is 0.824 bits per heavy atom. The van der Waals surface area contributed by atoms with E-state index in [4.69, 9.17) is 0 Å². The first-order valence-electron chi connectivity index (χ1n) is 6.21. The second kappa shape index (κ2) is 9.01. The molecule has 0 saturated carbocycles. The van der Waals surface area contributed by atoms with Gasteiger partial charge < -0.3 is 0 Å². The van der Waals surface area contributed by atoms with Crippen molar-refractivity contribution in [2.45, 2.75) is 23.9 Å². The summed E-state index contributed by atoms with van der Waals surface area (Å²) in [5, 5.41) is 3.06. The Kier molecular flexibility index (Phi) is 7.41. The molecule has 0 atom stereocenters. The van der Waals surface area contributed by atoms with Crippen molar-refractivity contribution < 1.29 is 17.1 Å². The van der Waals surface area contributed by atoms with Gasteiger partial charge in [-0.2, -0.15) is 0 Å². The maximum absolute atomic E-state index is 4.19. The van der Waals surface area contributed by atoms with E-state index in [1.807, 2.05) is 36.4 Å². The third kappa shape index (κ3) is 5.69. The van der Waals surface area contributed by atoms with Gasteiger partial charge in [-0.05, 0) is 24.3 Å². The molecule has 0 amide bonds. The van der Waals surface area contributed by atoms with E-state index >= 15 is 0 Å². The first kappa shape index (κ1) is 14.0. The summed E-state index contributed by atoms with van der Waals surface area (Å²) in [5.74, 6) is 0. The zero-order chi connectivity index (χ0) is 12.3. The van der Waals surface area contributed by atoms with Crippen LogP contribution in [0.4, 0.5) is 0 Å². The number of hydrogen-bond acceptors (Lipinski definition) is 2. The fraction of sp³-hybridized carbons (Fsp3) is 0.286. The minimum Gasteiger partial charge on any atom is -0.255 e. The Morgan fingerprint density at radius 2 is 1.29 bits per heavy atom. The number of aromatic nitrogens is 2. The number of nitrogens with zero attached hydrogens (tertiary/aromatic N) is 2. The minimum absolute atomic E-state index is 0.0972. The molecule has 86 valence electrons. The van der Waals surface area contributed by atoms with Gasteiger partial charge in [0, 0.05) is 12.4 Å². The van der Waals surface area contributed by atoms with E-state index < -0.39 is 0 Å².